The Morgan fingerprint density at radius 1 is 1.00 bits per heavy atom. The van der Waals surface area contributed by atoms with E-state index in [0.717, 1.165) is 5.56 Å². The fraction of sp³-hybridized carbons (Fsp3) is 0.542. The largest absolute Gasteiger partial charge is 0.212 e. The third kappa shape index (κ3) is 3.14. The summed E-state index contributed by atoms with van der Waals surface area (Å²) in [5.74, 6) is -0.576. The molecule has 0 N–H and O–H groups in total. The van der Waals surface area contributed by atoms with E-state index in [1.54, 1.807) is 0 Å². The number of fused-ring (bicyclic) bond motifs is 1. The van der Waals surface area contributed by atoms with Gasteiger partial charge < -0.3 is 0 Å². The lowest BCUT2D eigenvalue weighted by molar-refractivity contribution is -0.660. The minimum Gasteiger partial charge on any atom is -0.201 e. The lowest BCUT2D eigenvalue weighted by Crippen LogP contribution is -2.35. The van der Waals surface area contributed by atoms with Gasteiger partial charge in [0.1, 0.15) is 7.05 Å². The molecule has 3 rings (SSSR count). The van der Waals surface area contributed by atoms with Crippen molar-refractivity contribution in [2.24, 2.45) is 7.05 Å². The number of nitrogens with zero attached hydrogens (tertiary/aromatic N) is 1. The third-order valence-electron chi connectivity index (χ3n) is 6.18. The number of aryl methyl sites for hydroxylation is 2. The fourth-order valence-electron chi connectivity index (χ4n) is 4.18. The Hall–Kier alpha value is -1.63. The summed E-state index contributed by atoms with van der Waals surface area (Å²) in [4.78, 5) is 0. The van der Waals surface area contributed by atoms with Crippen molar-refractivity contribution in [3.05, 3.63) is 52.7 Å². The molecule has 1 aliphatic carbocycles. The summed E-state index contributed by atoms with van der Waals surface area (Å²) in [6, 6.07) is 9.15. The Morgan fingerprint density at radius 3 is 2.08 bits per heavy atom. The molecule has 0 spiro atoms. The van der Waals surface area contributed by atoms with E-state index in [1.165, 1.54) is 40.8 Å². The standard InChI is InChI=1S/C24H34N/c1-16(2)18-9-10-22(25(8)15-18)19-14-21-20(13-17(19)3)23(4,5)11-12-24(21,6)7/h9-10,13-16H,11-12H2,1-8H3/q+1/i16D. The second-order valence-electron chi connectivity index (χ2n) is 9.39. The Bertz CT molecular complexity index is 853. The maximum absolute atomic E-state index is 8.29. The summed E-state index contributed by atoms with van der Waals surface area (Å²) in [7, 11) is 2.10. The van der Waals surface area contributed by atoms with Gasteiger partial charge in [0.15, 0.2) is 6.20 Å². The van der Waals surface area contributed by atoms with Crippen LogP contribution in [-0.2, 0) is 17.9 Å². The number of aromatic nitrogens is 1. The van der Waals surface area contributed by atoms with Gasteiger partial charge >= 0.3 is 0 Å². The predicted molar refractivity (Wildman–Crippen MR) is 107 cm³/mol. The van der Waals surface area contributed by atoms with E-state index < -0.39 is 5.89 Å². The maximum Gasteiger partial charge on any atom is 0.212 e. The van der Waals surface area contributed by atoms with Gasteiger partial charge in [-0.2, -0.15) is 0 Å². The highest BCUT2D eigenvalue weighted by Gasteiger charge is 2.37. The zero-order valence-electron chi connectivity index (χ0n) is 18.2. The highest BCUT2D eigenvalue weighted by atomic mass is 14.9. The molecule has 0 saturated heterocycles. The summed E-state index contributed by atoms with van der Waals surface area (Å²) in [6.45, 7) is 15.6. The summed E-state index contributed by atoms with van der Waals surface area (Å²) < 4.78 is 10.5. The Balaban J connectivity index is 2.19. The van der Waals surface area contributed by atoms with Crippen LogP contribution in [0.15, 0.2) is 30.5 Å². The number of benzene rings is 1. The van der Waals surface area contributed by atoms with Crippen LogP contribution in [0.5, 0.6) is 0 Å². The predicted octanol–water partition coefficient (Wildman–Crippen LogP) is 5.96. The van der Waals surface area contributed by atoms with Crippen LogP contribution >= 0.6 is 0 Å². The summed E-state index contributed by atoms with van der Waals surface area (Å²) in [5, 5.41) is 0. The summed E-state index contributed by atoms with van der Waals surface area (Å²) in [5.41, 5.74) is 8.39. The first-order valence-electron chi connectivity index (χ1n) is 9.99. The average molecular weight is 338 g/mol. The second kappa shape index (κ2) is 5.97. The Labute approximate surface area is 155 Å². The van der Waals surface area contributed by atoms with Crippen LogP contribution in [0.25, 0.3) is 11.3 Å². The zero-order valence-corrected chi connectivity index (χ0v) is 17.2. The maximum atomic E-state index is 8.29. The average Bonchev–Trinajstić information content (AvgIpc) is 2.51. The molecule has 25 heavy (non-hydrogen) atoms. The van der Waals surface area contributed by atoms with Crippen LogP contribution < -0.4 is 4.57 Å². The van der Waals surface area contributed by atoms with Crippen molar-refractivity contribution in [3.8, 4) is 11.3 Å². The molecule has 134 valence electrons. The Kier molecular flexibility index (Phi) is 4.02. The lowest BCUT2D eigenvalue weighted by Gasteiger charge is -2.42. The molecular formula is C24H34N+. The van der Waals surface area contributed by atoms with Gasteiger partial charge in [-0.1, -0.05) is 47.6 Å². The van der Waals surface area contributed by atoms with Crippen molar-refractivity contribution >= 4 is 0 Å². The van der Waals surface area contributed by atoms with Gasteiger partial charge in [0.05, 0.1) is 0 Å². The van der Waals surface area contributed by atoms with Crippen LogP contribution in [0.2, 0.25) is 0 Å². The molecule has 0 amide bonds. The molecule has 1 aromatic carbocycles. The first-order valence-corrected chi connectivity index (χ1v) is 9.49. The molecule has 1 aliphatic rings. The molecule has 0 atom stereocenters. The molecule has 2 aromatic rings. The first kappa shape index (κ1) is 16.8. The number of hydrogen-bond acceptors (Lipinski definition) is 0. The molecule has 0 fully saturated rings. The van der Waals surface area contributed by atoms with Crippen LogP contribution in [0.1, 0.15) is 83.9 Å². The van der Waals surface area contributed by atoms with E-state index in [4.69, 9.17) is 1.37 Å². The third-order valence-corrected chi connectivity index (χ3v) is 6.18. The quantitative estimate of drug-likeness (QED) is 0.595. The van der Waals surface area contributed by atoms with Gasteiger partial charge in [0.2, 0.25) is 5.69 Å². The zero-order chi connectivity index (χ0) is 19.5. The van der Waals surface area contributed by atoms with Crippen molar-refractivity contribution in [1.82, 2.24) is 0 Å². The molecule has 0 radical (unpaired) electrons. The molecule has 0 unspecified atom stereocenters. The lowest BCUT2D eigenvalue weighted by atomic mass is 9.62. The highest BCUT2D eigenvalue weighted by molar-refractivity contribution is 5.65. The minimum absolute atomic E-state index is 0.217. The van der Waals surface area contributed by atoms with Crippen LogP contribution in [0, 0.1) is 6.92 Å². The van der Waals surface area contributed by atoms with Crippen molar-refractivity contribution in [3.63, 3.8) is 0 Å². The number of pyridine rings is 1. The molecule has 1 nitrogen and oxygen atoms in total. The van der Waals surface area contributed by atoms with Crippen molar-refractivity contribution in [2.45, 2.75) is 78.0 Å². The van der Waals surface area contributed by atoms with E-state index >= 15 is 0 Å². The molecule has 0 aliphatic heterocycles. The molecule has 0 bridgehead atoms. The van der Waals surface area contributed by atoms with Crippen LogP contribution in [-0.4, -0.2) is 0 Å². The van der Waals surface area contributed by atoms with Gasteiger partial charge in [-0.05, 0) is 65.3 Å². The monoisotopic (exact) mass is 337 g/mol. The summed E-state index contributed by atoms with van der Waals surface area (Å²) >= 11 is 0. The molecule has 1 heteroatoms. The summed E-state index contributed by atoms with van der Waals surface area (Å²) in [6.07, 6.45) is 4.58. The van der Waals surface area contributed by atoms with Gasteiger partial charge in [-0.25, -0.2) is 4.57 Å². The van der Waals surface area contributed by atoms with Crippen LogP contribution in [0.3, 0.4) is 0 Å². The molecule has 1 heterocycles. The van der Waals surface area contributed by atoms with Gasteiger partial charge in [-0.15, -0.1) is 0 Å². The minimum atomic E-state index is -0.576. The van der Waals surface area contributed by atoms with E-state index in [-0.39, 0.29) is 10.8 Å². The van der Waals surface area contributed by atoms with E-state index in [2.05, 4.69) is 76.7 Å². The number of rotatable bonds is 2. The van der Waals surface area contributed by atoms with E-state index in [9.17, 15) is 0 Å². The second-order valence-corrected chi connectivity index (χ2v) is 9.39. The highest BCUT2D eigenvalue weighted by Crippen LogP contribution is 2.47. The van der Waals surface area contributed by atoms with Crippen LogP contribution in [0.4, 0.5) is 0 Å². The van der Waals surface area contributed by atoms with Crippen molar-refractivity contribution < 1.29 is 5.94 Å². The normalized spacial score (nSPS) is 19.3. The van der Waals surface area contributed by atoms with E-state index in [1.807, 2.05) is 13.8 Å². The van der Waals surface area contributed by atoms with Gasteiger partial charge in [-0.3, -0.25) is 0 Å². The van der Waals surface area contributed by atoms with Gasteiger partial charge in [0, 0.05) is 18.6 Å². The SMILES string of the molecule is [2H]C(C)(C)c1ccc(-c2cc3c(cc2C)C(C)(C)CCC3(C)C)[n+](C)c1. The molecule has 0 saturated carbocycles. The van der Waals surface area contributed by atoms with Gasteiger partial charge in [0.25, 0.3) is 0 Å². The van der Waals surface area contributed by atoms with E-state index in [0.29, 0.717) is 0 Å². The Morgan fingerprint density at radius 2 is 1.56 bits per heavy atom. The first-order chi connectivity index (χ1) is 11.8. The molecule has 1 aromatic heterocycles. The smallest absolute Gasteiger partial charge is 0.201 e. The topological polar surface area (TPSA) is 3.88 Å². The molecular weight excluding hydrogens is 302 g/mol. The van der Waals surface area contributed by atoms with Crippen molar-refractivity contribution in [2.75, 3.05) is 0 Å². The number of hydrogen-bond donors (Lipinski definition) is 0. The fourth-order valence-corrected chi connectivity index (χ4v) is 4.18. The van der Waals surface area contributed by atoms with Crippen molar-refractivity contribution in [1.29, 1.82) is 0 Å².